The number of amides is 2. The monoisotopic (exact) mass is 376 g/mol. The van der Waals surface area contributed by atoms with Gasteiger partial charge in [0.15, 0.2) is 0 Å². The van der Waals surface area contributed by atoms with Crippen LogP contribution < -0.4 is 5.32 Å². The van der Waals surface area contributed by atoms with Crippen LogP contribution in [0.3, 0.4) is 0 Å². The number of hydrogen-bond acceptors (Lipinski definition) is 5. The number of carbonyl (C=O) groups excluding carboxylic acids is 3. The van der Waals surface area contributed by atoms with Gasteiger partial charge in [-0.25, -0.2) is 4.79 Å². The molecule has 7 heteroatoms. The van der Waals surface area contributed by atoms with Crippen molar-refractivity contribution in [1.82, 2.24) is 4.90 Å². The summed E-state index contributed by atoms with van der Waals surface area (Å²) in [5, 5.41) is 2.83. The Labute approximate surface area is 160 Å². The molecule has 0 unspecified atom stereocenters. The molecular weight excluding hydrogens is 348 g/mol. The second kappa shape index (κ2) is 8.88. The van der Waals surface area contributed by atoms with Crippen molar-refractivity contribution in [3.63, 3.8) is 0 Å². The smallest absolute Gasteiger partial charge is 0.410 e. The highest BCUT2D eigenvalue weighted by Crippen LogP contribution is 2.22. The molecule has 0 spiro atoms. The molecule has 0 bridgehead atoms. The Kier molecular flexibility index (Phi) is 6.82. The number of nitrogens with zero attached hydrogens (tertiary/aromatic N) is 1. The number of likely N-dealkylation sites (tertiary alicyclic amines) is 1. The molecule has 1 aromatic carbocycles. The predicted octanol–water partition coefficient (Wildman–Crippen LogP) is 3.13. The maximum absolute atomic E-state index is 12.6. The van der Waals surface area contributed by atoms with Gasteiger partial charge in [-0.05, 0) is 58.2 Å². The first kappa shape index (κ1) is 20.7. The van der Waals surface area contributed by atoms with Crippen LogP contribution >= 0.6 is 0 Å². The molecule has 1 atom stereocenters. The van der Waals surface area contributed by atoms with Gasteiger partial charge in [-0.2, -0.15) is 0 Å². The van der Waals surface area contributed by atoms with Crippen molar-refractivity contribution in [2.45, 2.75) is 58.6 Å². The molecule has 27 heavy (non-hydrogen) atoms. The molecule has 0 aliphatic carbocycles. The molecule has 1 N–H and O–H groups in total. The molecule has 2 rings (SSSR count). The minimum Gasteiger partial charge on any atom is -0.466 e. The number of nitrogens with one attached hydrogen (secondary N) is 1. The van der Waals surface area contributed by atoms with E-state index in [1.807, 2.05) is 0 Å². The van der Waals surface area contributed by atoms with E-state index in [4.69, 9.17) is 9.47 Å². The molecule has 1 heterocycles. The van der Waals surface area contributed by atoms with Crippen LogP contribution in [0.25, 0.3) is 0 Å². The normalized spacial score (nSPS) is 16.7. The largest absolute Gasteiger partial charge is 0.466 e. The number of benzene rings is 1. The van der Waals surface area contributed by atoms with Crippen molar-refractivity contribution in [2.75, 3.05) is 18.5 Å². The van der Waals surface area contributed by atoms with Gasteiger partial charge in [0.25, 0.3) is 0 Å². The number of carbonyl (C=O) groups is 3. The zero-order chi connectivity index (χ0) is 20.0. The molecule has 0 aromatic heterocycles. The van der Waals surface area contributed by atoms with Gasteiger partial charge in [0, 0.05) is 12.2 Å². The Morgan fingerprint density at radius 3 is 2.44 bits per heavy atom. The van der Waals surface area contributed by atoms with E-state index >= 15 is 0 Å². The Bertz CT molecular complexity index is 679. The first-order chi connectivity index (χ1) is 12.7. The van der Waals surface area contributed by atoms with Crippen LogP contribution in [0.15, 0.2) is 24.3 Å². The van der Waals surface area contributed by atoms with E-state index in [0.29, 0.717) is 25.3 Å². The van der Waals surface area contributed by atoms with E-state index in [0.717, 1.165) is 12.0 Å². The summed E-state index contributed by atoms with van der Waals surface area (Å²) in [5.74, 6) is -0.523. The van der Waals surface area contributed by atoms with Gasteiger partial charge in [-0.3, -0.25) is 14.5 Å². The van der Waals surface area contributed by atoms with Crippen LogP contribution in [0, 0.1) is 0 Å². The van der Waals surface area contributed by atoms with Crippen LogP contribution in [0.4, 0.5) is 10.5 Å². The Morgan fingerprint density at radius 2 is 1.85 bits per heavy atom. The number of rotatable bonds is 5. The third kappa shape index (κ3) is 6.27. The van der Waals surface area contributed by atoms with Crippen LogP contribution in [-0.4, -0.2) is 47.7 Å². The quantitative estimate of drug-likeness (QED) is 0.798. The van der Waals surface area contributed by atoms with Crippen molar-refractivity contribution in [2.24, 2.45) is 0 Å². The molecule has 1 aliphatic rings. The van der Waals surface area contributed by atoms with Crippen molar-refractivity contribution in [3.8, 4) is 0 Å². The summed E-state index contributed by atoms with van der Waals surface area (Å²) in [5.41, 5.74) is 0.821. The van der Waals surface area contributed by atoms with Crippen molar-refractivity contribution in [1.29, 1.82) is 0 Å². The summed E-state index contributed by atoms with van der Waals surface area (Å²) in [6.45, 7) is 8.02. The lowest BCUT2D eigenvalue weighted by Gasteiger charge is -2.28. The van der Waals surface area contributed by atoms with Gasteiger partial charge in [-0.1, -0.05) is 12.1 Å². The fourth-order valence-corrected chi connectivity index (χ4v) is 2.89. The lowest BCUT2D eigenvalue weighted by atomic mass is 10.1. The lowest BCUT2D eigenvalue weighted by Crippen LogP contribution is -2.45. The van der Waals surface area contributed by atoms with Gasteiger partial charge < -0.3 is 14.8 Å². The van der Waals surface area contributed by atoms with Crippen LogP contribution in [-0.2, 0) is 25.5 Å². The number of ether oxygens (including phenoxy) is 2. The summed E-state index contributed by atoms with van der Waals surface area (Å²) in [6, 6.07) is 6.47. The molecule has 7 nitrogen and oxygen atoms in total. The highest BCUT2D eigenvalue weighted by Gasteiger charge is 2.36. The molecule has 2 amide bonds. The van der Waals surface area contributed by atoms with Crippen molar-refractivity contribution < 1.29 is 23.9 Å². The summed E-state index contributed by atoms with van der Waals surface area (Å²) in [6.07, 6.45) is 1.09. The van der Waals surface area contributed by atoms with Crippen LogP contribution in [0.5, 0.6) is 0 Å². The van der Waals surface area contributed by atoms with Gasteiger partial charge in [0.1, 0.15) is 11.6 Å². The van der Waals surface area contributed by atoms with E-state index in [1.54, 1.807) is 52.0 Å². The van der Waals surface area contributed by atoms with Gasteiger partial charge >= 0.3 is 12.1 Å². The van der Waals surface area contributed by atoms with E-state index in [1.165, 1.54) is 4.90 Å². The summed E-state index contributed by atoms with van der Waals surface area (Å²) in [4.78, 5) is 37.9. The standard InChI is InChI=1S/C20H28N2O5/c1-5-26-17(23)13-14-8-10-15(11-9-14)21-18(24)16-7-6-12-22(16)19(25)27-20(2,3)4/h8-11,16H,5-7,12-13H2,1-4H3,(H,21,24)/t16-/m1/s1. The van der Waals surface area contributed by atoms with E-state index in [-0.39, 0.29) is 18.3 Å². The molecule has 1 aliphatic heterocycles. The highest BCUT2D eigenvalue weighted by atomic mass is 16.6. The second-order valence-electron chi connectivity index (χ2n) is 7.50. The van der Waals surface area contributed by atoms with Gasteiger partial charge in [0.2, 0.25) is 5.91 Å². The molecule has 1 aromatic rings. The topological polar surface area (TPSA) is 84.9 Å². The van der Waals surface area contributed by atoms with Gasteiger partial charge in [-0.15, -0.1) is 0 Å². The second-order valence-corrected chi connectivity index (χ2v) is 7.50. The van der Waals surface area contributed by atoms with E-state index in [2.05, 4.69) is 5.32 Å². The molecule has 148 valence electrons. The molecule has 0 saturated carbocycles. The number of esters is 1. The zero-order valence-electron chi connectivity index (χ0n) is 16.4. The third-order valence-corrected chi connectivity index (χ3v) is 4.06. The molecular formula is C20H28N2O5. The summed E-state index contributed by atoms with van der Waals surface area (Å²) >= 11 is 0. The minimum absolute atomic E-state index is 0.192. The van der Waals surface area contributed by atoms with E-state index < -0.39 is 17.7 Å². The first-order valence-corrected chi connectivity index (χ1v) is 9.24. The van der Waals surface area contributed by atoms with Crippen molar-refractivity contribution >= 4 is 23.7 Å². The fourth-order valence-electron chi connectivity index (χ4n) is 2.89. The van der Waals surface area contributed by atoms with Crippen molar-refractivity contribution in [3.05, 3.63) is 29.8 Å². The number of anilines is 1. The minimum atomic E-state index is -0.602. The van der Waals surface area contributed by atoms with Crippen LogP contribution in [0.2, 0.25) is 0 Å². The Morgan fingerprint density at radius 1 is 1.19 bits per heavy atom. The maximum Gasteiger partial charge on any atom is 0.410 e. The lowest BCUT2D eigenvalue weighted by molar-refractivity contribution is -0.142. The average molecular weight is 376 g/mol. The Balaban J connectivity index is 1.95. The Hall–Kier alpha value is -2.57. The third-order valence-electron chi connectivity index (χ3n) is 4.06. The number of hydrogen-bond donors (Lipinski definition) is 1. The van der Waals surface area contributed by atoms with Gasteiger partial charge in [0.05, 0.1) is 13.0 Å². The summed E-state index contributed by atoms with van der Waals surface area (Å²) < 4.78 is 10.3. The maximum atomic E-state index is 12.6. The predicted molar refractivity (Wildman–Crippen MR) is 101 cm³/mol. The molecule has 1 fully saturated rings. The highest BCUT2D eigenvalue weighted by molar-refractivity contribution is 5.96. The summed E-state index contributed by atoms with van der Waals surface area (Å²) in [7, 11) is 0. The average Bonchev–Trinajstić information content (AvgIpc) is 3.05. The first-order valence-electron chi connectivity index (χ1n) is 9.24. The van der Waals surface area contributed by atoms with Crippen LogP contribution in [0.1, 0.15) is 46.1 Å². The van der Waals surface area contributed by atoms with E-state index in [9.17, 15) is 14.4 Å². The zero-order valence-corrected chi connectivity index (χ0v) is 16.4. The fraction of sp³-hybridized carbons (Fsp3) is 0.550. The molecule has 1 saturated heterocycles. The SMILES string of the molecule is CCOC(=O)Cc1ccc(NC(=O)[C@H]2CCCN2C(=O)OC(C)(C)C)cc1. The molecule has 0 radical (unpaired) electrons.